The van der Waals surface area contributed by atoms with Gasteiger partial charge in [0, 0.05) is 6.54 Å². The molecule has 0 saturated heterocycles. The highest BCUT2D eigenvalue weighted by Gasteiger charge is 2.18. The van der Waals surface area contributed by atoms with Crippen molar-refractivity contribution in [3.8, 4) is 0 Å². The smallest absolute Gasteiger partial charge is 0.269 e. The number of fused-ring (bicyclic) bond motifs is 1. The third-order valence-electron chi connectivity index (χ3n) is 3.23. The van der Waals surface area contributed by atoms with E-state index in [1.807, 2.05) is 0 Å². The summed E-state index contributed by atoms with van der Waals surface area (Å²) in [4.78, 5) is 4.31. The van der Waals surface area contributed by atoms with Gasteiger partial charge in [-0.05, 0) is 28.5 Å². The van der Waals surface area contributed by atoms with Crippen LogP contribution in [0.25, 0.3) is 11.0 Å². The predicted molar refractivity (Wildman–Crippen MR) is 83.2 cm³/mol. The van der Waals surface area contributed by atoms with Gasteiger partial charge in [-0.3, -0.25) is 4.57 Å². The largest absolute Gasteiger partial charge is 0.320 e. The van der Waals surface area contributed by atoms with Crippen molar-refractivity contribution < 1.29 is 8.78 Å². The highest BCUT2D eigenvalue weighted by molar-refractivity contribution is 7.98. The molecule has 0 radical (unpaired) electrons. The van der Waals surface area contributed by atoms with Crippen molar-refractivity contribution in [2.24, 2.45) is 5.92 Å². The molecule has 0 atom stereocenters. The molecule has 3 aromatic rings. The Labute approximate surface area is 135 Å². The maximum Gasteiger partial charge on any atom is 0.320 e. The van der Waals surface area contributed by atoms with Crippen LogP contribution in [0.15, 0.2) is 29.4 Å². The zero-order valence-electron chi connectivity index (χ0n) is 12.7. The first-order valence-electron chi connectivity index (χ1n) is 7.19. The van der Waals surface area contributed by atoms with Crippen LogP contribution in [0, 0.1) is 5.92 Å². The number of para-hydroxylation sites is 2. The Morgan fingerprint density at radius 2 is 2.00 bits per heavy atom. The van der Waals surface area contributed by atoms with E-state index < -0.39 is 6.55 Å². The minimum Gasteiger partial charge on any atom is -0.269 e. The van der Waals surface area contributed by atoms with E-state index in [4.69, 9.17) is 0 Å². The molecule has 122 valence electrons. The Balaban J connectivity index is 1.85. The summed E-state index contributed by atoms with van der Waals surface area (Å²) in [6, 6.07) is 6.88. The quantitative estimate of drug-likeness (QED) is 0.645. The average Bonchev–Trinajstić information content (AvgIpc) is 3.07. The van der Waals surface area contributed by atoms with E-state index in [9.17, 15) is 8.78 Å². The number of tetrazole rings is 1. The molecule has 2 heterocycles. The lowest BCUT2D eigenvalue weighted by Crippen LogP contribution is -2.08. The van der Waals surface area contributed by atoms with E-state index in [0.717, 1.165) is 4.57 Å². The number of rotatable bonds is 6. The van der Waals surface area contributed by atoms with E-state index in [2.05, 4.69) is 34.4 Å². The molecule has 0 aliphatic heterocycles. The molecule has 0 fully saturated rings. The molecule has 0 amide bonds. The number of alkyl halides is 2. The van der Waals surface area contributed by atoms with Gasteiger partial charge in [0.15, 0.2) is 0 Å². The summed E-state index contributed by atoms with van der Waals surface area (Å²) in [5.41, 5.74) is 0.991. The molecule has 9 heteroatoms. The molecular formula is C14H16F2N6S. The summed E-state index contributed by atoms with van der Waals surface area (Å²) in [6.45, 7) is 2.17. The molecular weight excluding hydrogens is 322 g/mol. The van der Waals surface area contributed by atoms with Gasteiger partial charge in [0.25, 0.3) is 0 Å². The fourth-order valence-electron chi connectivity index (χ4n) is 2.30. The number of hydrogen-bond acceptors (Lipinski definition) is 5. The standard InChI is InChI=1S/C14H16F2N6S/c1-9(2)7-21-14(18-19-20-21)23-8-12-17-10-5-3-4-6-11(10)22(12)13(15)16/h3-6,9,13H,7-8H2,1-2H3. The number of imidazole rings is 1. The first-order chi connectivity index (χ1) is 11.1. The number of aromatic nitrogens is 6. The Morgan fingerprint density at radius 3 is 2.74 bits per heavy atom. The number of hydrogen-bond donors (Lipinski definition) is 0. The third-order valence-corrected chi connectivity index (χ3v) is 4.18. The Morgan fingerprint density at radius 1 is 1.22 bits per heavy atom. The lowest BCUT2D eigenvalue weighted by atomic mass is 10.2. The van der Waals surface area contributed by atoms with Gasteiger partial charge in [-0.1, -0.05) is 37.7 Å². The van der Waals surface area contributed by atoms with Crippen molar-refractivity contribution in [3.63, 3.8) is 0 Å². The first-order valence-corrected chi connectivity index (χ1v) is 8.17. The highest BCUT2D eigenvalue weighted by Crippen LogP contribution is 2.27. The number of benzene rings is 1. The summed E-state index contributed by atoms with van der Waals surface area (Å²) >= 11 is 1.31. The van der Waals surface area contributed by atoms with Crippen LogP contribution in [0.4, 0.5) is 8.78 Å². The fourth-order valence-corrected chi connectivity index (χ4v) is 3.12. The van der Waals surface area contributed by atoms with E-state index in [1.165, 1.54) is 11.8 Å². The molecule has 0 spiro atoms. The van der Waals surface area contributed by atoms with Crippen molar-refractivity contribution >= 4 is 22.8 Å². The van der Waals surface area contributed by atoms with Crippen molar-refractivity contribution in [2.45, 2.75) is 37.9 Å². The van der Waals surface area contributed by atoms with E-state index in [-0.39, 0.29) is 5.75 Å². The second-order valence-electron chi connectivity index (χ2n) is 5.49. The molecule has 23 heavy (non-hydrogen) atoms. The lowest BCUT2D eigenvalue weighted by Gasteiger charge is -2.08. The topological polar surface area (TPSA) is 61.4 Å². The summed E-state index contributed by atoms with van der Waals surface area (Å²) in [5.74, 6) is 0.978. The van der Waals surface area contributed by atoms with Crippen LogP contribution in [0.3, 0.4) is 0 Å². The fraction of sp³-hybridized carbons (Fsp3) is 0.429. The van der Waals surface area contributed by atoms with Crippen molar-refractivity contribution in [3.05, 3.63) is 30.1 Å². The summed E-state index contributed by atoms with van der Waals surface area (Å²) < 4.78 is 29.4. The second kappa shape index (κ2) is 6.61. The predicted octanol–water partition coefficient (Wildman–Crippen LogP) is 3.37. The minimum absolute atomic E-state index is 0.275. The second-order valence-corrected chi connectivity index (χ2v) is 6.43. The Bertz CT molecular complexity index is 798. The van der Waals surface area contributed by atoms with E-state index in [1.54, 1.807) is 28.9 Å². The van der Waals surface area contributed by atoms with Gasteiger partial charge in [0.05, 0.1) is 16.8 Å². The molecule has 0 saturated carbocycles. The maximum atomic E-state index is 13.4. The molecule has 1 aromatic carbocycles. The minimum atomic E-state index is -2.63. The molecule has 3 rings (SSSR count). The number of nitrogens with zero attached hydrogens (tertiary/aromatic N) is 6. The molecule has 0 aliphatic carbocycles. The van der Waals surface area contributed by atoms with Gasteiger partial charge in [-0.25, -0.2) is 9.67 Å². The third kappa shape index (κ3) is 3.34. The normalized spacial score (nSPS) is 11.9. The van der Waals surface area contributed by atoms with E-state index in [0.29, 0.717) is 34.5 Å². The summed E-state index contributed by atoms with van der Waals surface area (Å²) in [6.07, 6.45) is 0. The van der Waals surface area contributed by atoms with Crippen LogP contribution in [-0.2, 0) is 12.3 Å². The Kier molecular flexibility index (Phi) is 4.56. The van der Waals surface area contributed by atoms with Crippen LogP contribution >= 0.6 is 11.8 Å². The highest BCUT2D eigenvalue weighted by atomic mass is 32.2. The van der Waals surface area contributed by atoms with E-state index >= 15 is 0 Å². The summed E-state index contributed by atoms with van der Waals surface area (Å²) in [5, 5.41) is 12.1. The molecule has 0 N–H and O–H groups in total. The van der Waals surface area contributed by atoms with Crippen LogP contribution < -0.4 is 0 Å². The first kappa shape index (κ1) is 15.9. The molecule has 0 aliphatic rings. The monoisotopic (exact) mass is 338 g/mol. The number of thioether (sulfide) groups is 1. The molecule has 6 nitrogen and oxygen atoms in total. The van der Waals surface area contributed by atoms with Gasteiger partial charge < -0.3 is 0 Å². The molecule has 2 aromatic heterocycles. The van der Waals surface area contributed by atoms with Gasteiger partial charge >= 0.3 is 6.55 Å². The van der Waals surface area contributed by atoms with Crippen molar-refractivity contribution in [1.29, 1.82) is 0 Å². The molecule has 0 unspecified atom stereocenters. The zero-order valence-corrected chi connectivity index (χ0v) is 13.5. The van der Waals surface area contributed by atoms with Gasteiger partial charge in [-0.15, -0.1) is 5.10 Å². The Hall–Kier alpha value is -2.03. The van der Waals surface area contributed by atoms with Crippen molar-refractivity contribution in [1.82, 2.24) is 29.8 Å². The SMILES string of the molecule is CC(C)Cn1nnnc1SCc1nc2ccccc2n1C(F)F. The van der Waals surface area contributed by atoms with Crippen LogP contribution in [0.5, 0.6) is 0 Å². The van der Waals surface area contributed by atoms with Crippen molar-refractivity contribution in [2.75, 3.05) is 0 Å². The van der Waals surface area contributed by atoms with Gasteiger partial charge in [0.1, 0.15) is 5.82 Å². The number of halogens is 2. The zero-order chi connectivity index (χ0) is 16.4. The summed E-state index contributed by atoms with van der Waals surface area (Å²) in [7, 11) is 0. The van der Waals surface area contributed by atoms with Gasteiger partial charge in [0.2, 0.25) is 5.16 Å². The average molecular weight is 338 g/mol. The molecule has 0 bridgehead atoms. The maximum absolute atomic E-state index is 13.4. The van der Waals surface area contributed by atoms with Crippen LogP contribution in [0.1, 0.15) is 26.2 Å². The lowest BCUT2D eigenvalue weighted by molar-refractivity contribution is 0.0722. The van der Waals surface area contributed by atoms with Crippen LogP contribution in [0.2, 0.25) is 0 Å². The van der Waals surface area contributed by atoms with Crippen LogP contribution in [-0.4, -0.2) is 29.8 Å². The van der Waals surface area contributed by atoms with Gasteiger partial charge in [-0.2, -0.15) is 8.78 Å².